The van der Waals surface area contributed by atoms with E-state index in [0.29, 0.717) is 29.2 Å². The van der Waals surface area contributed by atoms with E-state index < -0.39 is 18.2 Å². The number of thioether (sulfide) groups is 1. The Kier molecular flexibility index (Phi) is 8.10. The van der Waals surface area contributed by atoms with Gasteiger partial charge in [-0.15, -0.1) is 0 Å². The van der Waals surface area contributed by atoms with Crippen LogP contribution in [0.3, 0.4) is 0 Å². The summed E-state index contributed by atoms with van der Waals surface area (Å²) >= 11 is 13.8. The lowest BCUT2D eigenvalue weighted by molar-refractivity contribution is -0.274. The number of ether oxygens (including phenoxy) is 1. The van der Waals surface area contributed by atoms with Crippen molar-refractivity contribution < 1.29 is 22.7 Å². The van der Waals surface area contributed by atoms with Crippen LogP contribution in [0.1, 0.15) is 33.5 Å². The third-order valence-corrected chi connectivity index (χ3v) is 7.59. The van der Waals surface area contributed by atoms with E-state index in [2.05, 4.69) is 11.9 Å². The monoisotopic (exact) mass is 517 g/mol. The second-order valence-corrected chi connectivity index (χ2v) is 10.1. The molecule has 178 valence electrons. The van der Waals surface area contributed by atoms with Gasteiger partial charge in [0.2, 0.25) is 0 Å². The maximum atomic E-state index is 14.3. The predicted molar refractivity (Wildman–Crippen MR) is 129 cm³/mol. The molecule has 1 fully saturated rings. The highest BCUT2D eigenvalue weighted by molar-refractivity contribution is 8.00. The number of rotatable bonds is 8. The lowest BCUT2D eigenvalue weighted by atomic mass is 9.84. The van der Waals surface area contributed by atoms with Crippen molar-refractivity contribution in [2.75, 3.05) is 25.2 Å². The summed E-state index contributed by atoms with van der Waals surface area (Å²) in [6.07, 6.45) is -5.35. The first kappa shape index (κ1) is 25.9. The zero-order valence-corrected chi connectivity index (χ0v) is 20.5. The van der Waals surface area contributed by atoms with E-state index in [0.717, 1.165) is 18.6 Å². The zero-order chi connectivity index (χ0) is 24.4. The van der Waals surface area contributed by atoms with Crippen LogP contribution < -0.4 is 5.32 Å². The van der Waals surface area contributed by atoms with Gasteiger partial charge in [0.1, 0.15) is 0 Å². The first-order chi connectivity index (χ1) is 15.5. The second-order valence-electron chi connectivity index (χ2n) is 8.11. The third kappa shape index (κ3) is 5.70. The molecule has 1 unspecified atom stereocenters. The van der Waals surface area contributed by atoms with E-state index in [1.54, 1.807) is 25.1 Å². The molecule has 0 spiro atoms. The zero-order valence-electron chi connectivity index (χ0n) is 18.2. The van der Waals surface area contributed by atoms with Crippen LogP contribution in [0.5, 0.6) is 0 Å². The molecule has 0 aliphatic carbocycles. The molecule has 33 heavy (non-hydrogen) atoms. The van der Waals surface area contributed by atoms with Crippen molar-refractivity contribution in [3.63, 3.8) is 0 Å². The molecule has 0 bridgehead atoms. The minimum Gasteiger partial charge on any atom is -0.364 e. The normalized spacial score (nSPS) is 16.1. The van der Waals surface area contributed by atoms with E-state index in [1.807, 2.05) is 11.8 Å². The number of aryl methyl sites for hydroxylation is 1. The molecule has 1 amide bonds. The van der Waals surface area contributed by atoms with Crippen molar-refractivity contribution >= 4 is 46.4 Å². The first-order valence-electron chi connectivity index (χ1n) is 10.2. The highest BCUT2D eigenvalue weighted by Gasteiger charge is 2.57. The van der Waals surface area contributed by atoms with Gasteiger partial charge in [0.25, 0.3) is 5.91 Å². The van der Waals surface area contributed by atoms with Crippen molar-refractivity contribution in [3.05, 3.63) is 75.3 Å². The number of alkyl halides is 3. The molecule has 3 nitrogen and oxygen atoms in total. The Bertz CT molecular complexity index is 1040. The van der Waals surface area contributed by atoms with Gasteiger partial charge in [-0.1, -0.05) is 41.9 Å². The lowest BCUT2D eigenvalue weighted by Crippen LogP contribution is -2.44. The molecular weight excluding hydrogens is 494 g/mol. The van der Waals surface area contributed by atoms with Gasteiger partial charge >= 0.3 is 6.18 Å². The Morgan fingerprint density at radius 3 is 2.30 bits per heavy atom. The SMILES string of the molecule is C=C(CC(OC)(c1cc(Cl)cc(Cl)c1)C(F)(F)F)c1ccc(C(=O)NCC2CSC2)c(C)c1. The summed E-state index contributed by atoms with van der Waals surface area (Å²) in [6, 6.07) is 8.62. The number of hydrogen-bond acceptors (Lipinski definition) is 3. The maximum absolute atomic E-state index is 14.3. The molecule has 0 saturated carbocycles. The van der Waals surface area contributed by atoms with Gasteiger partial charge in [0.15, 0.2) is 5.60 Å². The van der Waals surface area contributed by atoms with Gasteiger partial charge in [-0.05, 0) is 70.9 Å². The molecule has 0 aromatic heterocycles. The Balaban J connectivity index is 1.86. The van der Waals surface area contributed by atoms with E-state index in [-0.39, 0.29) is 27.1 Å². The number of benzene rings is 2. The van der Waals surface area contributed by atoms with Crippen LogP contribution in [0, 0.1) is 12.8 Å². The quantitative estimate of drug-likeness (QED) is 0.413. The van der Waals surface area contributed by atoms with Gasteiger partial charge in [-0.2, -0.15) is 24.9 Å². The average molecular weight is 518 g/mol. The van der Waals surface area contributed by atoms with Gasteiger partial charge in [-0.3, -0.25) is 4.79 Å². The molecule has 1 atom stereocenters. The van der Waals surface area contributed by atoms with Gasteiger partial charge in [-0.25, -0.2) is 0 Å². The van der Waals surface area contributed by atoms with E-state index in [1.165, 1.54) is 18.2 Å². The van der Waals surface area contributed by atoms with E-state index in [4.69, 9.17) is 27.9 Å². The summed E-state index contributed by atoms with van der Waals surface area (Å²) < 4.78 is 48.1. The molecule has 1 heterocycles. The number of methoxy groups -OCH3 is 1. The van der Waals surface area contributed by atoms with Crippen molar-refractivity contribution in [3.8, 4) is 0 Å². The molecule has 3 rings (SSSR count). The molecular formula is C24H24Cl2F3NO2S. The van der Waals surface area contributed by atoms with Crippen molar-refractivity contribution in [1.29, 1.82) is 0 Å². The highest BCUT2D eigenvalue weighted by atomic mass is 35.5. The van der Waals surface area contributed by atoms with Crippen molar-refractivity contribution in [2.24, 2.45) is 5.92 Å². The molecule has 2 aromatic rings. The number of carbonyl (C=O) groups excluding carboxylic acids is 1. The second kappa shape index (κ2) is 10.3. The summed E-state index contributed by atoms with van der Waals surface area (Å²) in [5.41, 5.74) is -1.09. The summed E-state index contributed by atoms with van der Waals surface area (Å²) in [5.74, 6) is 2.37. The molecule has 1 saturated heterocycles. The molecule has 2 aromatic carbocycles. The largest absolute Gasteiger partial charge is 0.422 e. The van der Waals surface area contributed by atoms with Crippen LogP contribution in [0.25, 0.3) is 5.57 Å². The number of halogens is 5. The molecule has 0 radical (unpaired) electrons. The van der Waals surface area contributed by atoms with Gasteiger partial charge in [0.05, 0.1) is 0 Å². The van der Waals surface area contributed by atoms with Gasteiger partial charge < -0.3 is 10.1 Å². The Morgan fingerprint density at radius 2 is 1.82 bits per heavy atom. The number of carbonyl (C=O) groups is 1. The maximum Gasteiger partial charge on any atom is 0.422 e. The average Bonchev–Trinajstić information content (AvgIpc) is 2.68. The van der Waals surface area contributed by atoms with E-state index >= 15 is 0 Å². The minimum atomic E-state index is -4.77. The van der Waals surface area contributed by atoms with Crippen LogP contribution in [-0.2, 0) is 10.3 Å². The summed E-state index contributed by atoms with van der Waals surface area (Å²) in [7, 11) is 0.995. The molecule has 1 aliphatic rings. The first-order valence-corrected chi connectivity index (χ1v) is 12.1. The summed E-state index contributed by atoms with van der Waals surface area (Å²) in [4.78, 5) is 12.5. The Morgan fingerprint density at radius 1 is 1.18 bits per heavy atom. The summed E-state index contributed by atoms with van der Waals surface area (Å²) in [6.45, 7) is 6.25. The van der Waals surface area contributed by atoms with Crippen LogP contribution in [-0.4, -0.2) is 37.2 Å². The van der Waals surface area contributed by atoms with Crippen LogP contribution in [0.4, 0.5) is 13.2 Å². The van der Waals surface area contributed by atoms with Crippen LogP contribution in [0.2, 0.25) is 10.0 Å². The Labute approximate surface area is 205 Å². The highest BCUT2D eigenvalue weighted by Crippen LogP contribution is 2.48. The standard InChI is InChI=1S/C24H24Cl2F3NO2S/c1-14-6-17(4-5-21(14)22(31)30-11-16-12-33-13-16)15(2)10-23(32-3,24(27,28)29)18-7-19(25)9-20(26)8-18/h4-9,16H,2,10-13H2,1,3H3,(H,30,31). The fraction of sp³-hybridized carbons (Fsp3) is 0.375. The topological polar surface area (TPSA) is 38.3 Å². The number of hydrogen-bond donors (Lipinski definition) is 1. The smallest absolute Gasteiger partial charge is 0.364 e. The lowest BCUT2D eigenvalue weighted by Gasteiger charge is -2.36. The fourth-order valence-electron chi connectivity index (χ4n) is 3.73. The molecule has 1 aliphatic heterocycles. The summed E-state index contributed by atoms with van der Waals surface area (Å²) in [5, 5.41) is 3.06. The van der Waals surface area contributed by atoms with Crippen LogP contribution >= 0.6 is 35.0 Å². The predicted octanol–water partition coefficient (Wildman–Crippen LogP) is 6.90. The van der Waals surface area contributed by atoms with E-state index in [9.17, 15) is 18.0 Å². The van der Waals surface area contributed by atoms with Crippen molar-refractivity contribution in [1.82, 2.24) is 5.32 Å². The fourth-order valence-corrected chi connectivity index (χ4v) is 5.07. The minimum absolute atomic E-state index is 0.0699. The third-order valence-electron chi connectivity index (χ3n) is 5.74. The Hall–Kier alpha value is -1.67. The van der Waals surface area contributed by atoms with Crippen molar-refractivity contribution in [2.45, 2.75) is 25.1 Å². The number of nitrogens with one attached hydrogen (secondary N) is 1. The van der Waals surface area contributed by atoms with Gasteiger partial charge in [0, 0.05) is 35.7 Å². The molecule has 1 N–H and O–H groups in total. The van der Waals surface area contributed by atoms with Crippen LogP contribution in [0.15, 0.2) is 43.0 Å². The molecule has 9 heteroatoms. The number of amides is 1.